The second-order valence-electron chi connectivity index (χ2n) is 9.63. The molecule has 0 aliphatic carbocycles. The number of nitrogens with zero attached hydrogens (tertiary/aromatic N) is 1. The third kappa shape index (κ3) is 6.58. The van der Waals surface area contributed by atoms with Crippen molar-refractivity contribution in [3.05, 3.63) is 102 Å². The van der Waals surface area contributed by atoms with E-state index < -0.39 is 0 Å². The molecule has 2 amide bonds. The van der Waals surface area contributed by atoms with Crippen molar-refractivity contribution in [3.8, 4) is 0 Å². The molecule has 0 radical (unpaired) electrons. The first-order valence-electron chi connectivity index (χ1n) is 12.5. The summed E-state index contributed by atoms with van der Waals surface area (Å²) in [7, 11) is 2.09. The minimum atomic E-state index is -0.263. The van der Waals surface area contributed by atoms with Gasteiger partial charge in [-0.3, -0.25) is 4.79 Å². The minimum Gasteiger partial charge on any atom is -0.338 e. The van der Waals surface area contributed by atoms with Crippen molar-refractivity contribution in [2.75, 3.05) is 32.0 Å². The van der Waals surface area contributed by atoms with Crippen LogP contribution in [0.2, 0.25) is 0 Å². The maximum absolute atomic E-state index is 13.0. The van der Waals surface area contributed by atoms with Crippen molar-refractivity contribution in [3.63, 3.8) is 0 Å². The summed E-state index contributed by atoms with van der Waals surface area (Å²) in [5, 5.41) is 5.94. The van der Waals surface area contributed by atoms with E-state index in [0.29, 0.717) is 17.8 Å². The molecule has 1 aliphatic rings. The molecule has 3 aromatic carbocycles. The first kappa shape index (κ1) is 24.7. The fraction of sp³-hybridized carbons (Fsp3) is 0.333. The lowest BCUT2D eigenvalue weighted by Crippen LogP contribution is -2.34. The number of Topliss-reactive ketones (excluding diaryl/α,β-unsaturated/α-hetero) is 1. The number of rotatable bonds is 8. The van der Waals surface area contributed by atoms with Crippen molar-refractivity contribution in [1.82, 2.24) is 10.2 Å². The molecular weight excluding hydrogens is 434 g/mol. The number of hydrogen-bond donors (Lipinski definition) is 2. The Morgan fingerprint density at radius 3 is 2.09 bits per heavy atom. The topological polar surface area (TPSA) is 61.4 Å². The lowest BCUT2D eigenvalue weighted by Gasteiger charge is -2.28. The Labute approximate surface area is 208 Å². The molecule has 1 saturated heterocycles. The summed E-state index contributed by atoms with van der Waals surface area (Å²) in [4.78, 5) is 27.9. The Kier molecular flexibility index (Phi) is 8.32. The van der Waals surface area contributed by atoms with E-state index in [9.17, 15) is 9.59 Å². The van der Waals surface area contributed by atoms with Gasteiger partial charge in [-0.2, -0.15) is 0 Å². The number of hydrogen-bond acceptors (Lipinski definition) is 3. The van der Waals surface area contributed by atoms with Crippen LogP contribution >= 0.6 is 0 Å². The zero-order valence-corrected chi connectivity index (χ0v) is 20.6. The van der Waals surface area contributed by atoms with E-state index in [0.717, 1.165) is 25.9 Å². The van der Waals surface area contributed by atoms with Gasteiger partial charge in [0.25, 0.3) is 0 Å². The highest BCUT2D eigenvalue weighted by molar-refractivity contribution is 5.99. The normalized spacial score (nSPS) is 15.5. The van der Waals surface area contributed by atoms with Gasteiger partial charge in [-0.1, -0.05) is 79.7 Å². The number of carbonyl (C=O) groups excluding carboxylic acids is 2. The maximum Gasteiger partial charge on any atom is 0.319 e. The number of likely N-dealkylation sites (tertiary alicyclic amines) is 1. The summed E-state index contributed by atoms with van der Waals surface area (Å²) in [6.07, 6.45) is 1.77. The van der Waals surface area contributed by atoms with Crippen LogP contribution in [0.15, 0.2) is 84.9 Å². The molecule has 0 bridgehead atoms. The quantitative estimate of drug-likeness (QED) is 0.410. The van der Waals surface area contributed by atoms with Gasteiger partial charge in [0.15, 0.2) is 5.78 Å². The first-order valence-corrected chi connectivity index (χ1v) is 12.5. The number of nitrogens with one attached hydrogen (secondary N) is 2. The van der Waals surface area contributed by atoms with Gasteiger partial charge < -0.3 is 15.5 Å². The number of ketones is 1. The monoisotopic (exact) mass is 469 g/mol. The second kappa shape index (κ2) is 11.8. The number of amides is 2. The number of urea groups is 1. The van der Waals surface area contributed by atoms with E-state index in [4.69, 9.17) is 0 Å². The van der Waals surface area contributed by atoms with Crippen molar-refractivity contribution in [1.29, 1.82) is 0 Å². The third-order valence-corrected chi connectivity index (χ3v) is 6.97. The Morgan fingerprint density at radius 2 is 1.49 bits per heavy atom. The number of piperidine rings is 1. The highest BCUT2D eigenvalue weighted by Crippen LogP contribution is 2.31. The van der Waals surface area contributed by atoms with Crippen LogP contribution in [0.25, 0.3) is 0 Å². The Morgan fingerprint density at radius 1 is 0.886 bits per heavy atom. The van der Waals surface area contributed by atoms with E-state index in [1.54, 1.807) is 6.07 Å². The van der Waals surface area contributed by atoms with Gasteiger partial charge in [0, 0.05) is 29.6 Å². The molecule has 35 heavy (non-hydrogen) atoms. The van der Waals surface area contributed by atoms with Crippen molar-refractivity contribution < 1.29 is 9.59 Å². The maximum atomic E-state index is 13.0. The summed E-state index contributed by atoms with van der Waals surface area (Å²) in [5.74, 6) is 0.587. The summed E-state index contributed by atoms with van der Waals surface area (Å²) in [6, 6.07) is 27.8. The number of benzene rings is 3. The average molecular weight is 470 g/mol. The largest absolute Gasteiger partial charge is 0.338 e. The summed E-state index contributed by atoms with van der Waals surface area (Å²) in [6.45, 7) is 4.57. The summed E-state index contributed by atoms with van der Waals surface area (Å²) < 4.78 is 0. The van der Waals surface area contributed by atoms with Gasteiger partial charge in [-0.05, 0) is 62.2 Å². The molecule has 0 unspecified atom stereocenters. The van der Waals surface area contributed by atoms with E-state index in [1.165, 1.54) is 11.1 Å². The molecule has 182 valence electrons. The molecule has 5 nitrogen and oxygen atoms in total. The van der Waals surface area contributed by atoms with Gasteiger partial charge in [0.1, 0.15) is 0 Å². The first-order chi connectivity index (χ1) is 17.0. The predicted octanol–water partition coefficient (Wildman–Crippen LogP) is 5.80. The lowest BCUT2D eigenvalue weighted by molar-refractivity contribution is 0.0857. The van der Waals surface area contributed by atoms with Gasteiger partial charge in [0.05, 0.1) is 0 Å². The van der Waals surface area contributed by atoms with E-state index in [-0.39, 0.29) is 29.6 Å². The summed E-state index contributed by atoms with van der Waals surface area (Å²) >= 11 is 0. The van der Waals surface area contributed by atoms with E-state index >= 15 is 0 Å². The second-order valence-corrected chi connectivity index (χ2v) is 9.63. The molecule has 0 spiro atoms. The Bertz CT molecular complexity index is 1070. The molecule has 1 atom stereocenters. The van der Waals surface area contributed by atoms with E-state index in [2.05, 4.69) is 78.0 Å². The van der Waals surface area contributed by atoms with Crippen LogP contribution in [-0.2, 0) is 0 Å². The lowest BCUT2D eigenvalue weighted by atomic mass is 9.81. The third-order valence-electron chi connectivity index (χ3n) is 6.97. The molecule has 5 heteroatoms. The van der Waals surface area contributed by atoms with Gasteiger partial charge in [0.2, 0.25) is 0 Å². The van der Waals surface area contributed by atoms with Crippen LogP contribution in [0.4, 0.5) is 10.5 Å². The number of carbonyl (C=O) groups is 2. The standard InChI is InChI=1S/C30H35N3O2/c1-22(28(23-10-5-3-6-11-23)24-12-7-4-8-13-24)21-31-30(35)32-27-15-9-14-26(20-27)29(34)25-16-18-33(2)19-17-25/h3-15,20,22,25,28H,16-19,21H2,1-2H3,(H2,31,32,35)/t22-/m0/s1. The van der Waals surface area contributed by atoms with E-state index in [1.807, 2.05) is 30.3 Å². The molecule has 0 aromatic heterocycles. The molecule has 1 aliphatic heterocycles. The Hall–Kier alpha value is -3.44. The van der Waals surface area contributed by atoms with Crippen LogP contribution in [0.5, 0.6) is 0 Å². The van der Waals surface area contributed by atoms with Crippen LogP contribution in [0, 0.1) is 11.8 Å². The highest BCUT2D eigenvalue weighted by atomic mass is 16.2. The van der Waals surface area contributed by atoms with Crippen molar-refractivity contribution >= 4 is 17.5 Å². The SMILES string of the molecule is C[C@@H](CNC(=O)Nc1cccc(C(=O)C2CCN(C)CC2)c1)C(c1ccccc1)c1ccccc1. The smallest absolute Gasteiger partial charge is 0.319 e. The molecule has 4 rings (SSSR count). The van der Waals surface area contributed by atoms with Crippen LogP contribution < -0.4 is 10.6 Å². The summed E-state index contributed by atoms with van der Waals surface area (Å²) in [5.41, 5.74) is 3.76. The van der Waals surface area contributed by atoms with Gasteiger partial charge >= 0.3 is 6.03 Å². The zero-order chi connectivity index (χ0) is 24.6. The van der Waals surface area contributed by atoms with Crippen molar-refractivity contribution in [2.24, 2.45) is 11.8 Å². The molecule has 0 saturated carbocycles. The number of anilines is 1. The van der Waals surface area contributed by atoms with Crippen molar-refractivity contribution in [2.45, 2.75) is 25.7 Å². The van der Waals surface area contributed by atoms with Gasteiger partial charge in [-0.15, -0.1) is 0 Å². The predicted molar refractivity (Wildman–Crippen MR) is 142 cm³/mol. The molecule has 2 N–H and O–H groups in total. The molecular formula is C30H35N3O2. The zero-order valence-electron chi connectivity index (χ0n) is 20.6. The highest BCUT2D eigenvalue weighted by Gasteiger charge is 2.25. The van der Waals surface area contributed by atoms with Gasteiger partial charge in [-0.25, -0.2) is 4.79 Å². The fourth-order valence-corrected chi connectivity index (χ4v) is 4.97. The van der Waals surface area contributed by atoms with Crippen LogP contribution in [-0.4, -0.2) is 43.4 Å². The molecule has 3 aromatic rings. The van der Waals surface area contributed by atoms with Crippen LogP contribution in [0.3, 0.4) is 0 Å². The minimum absolute atomic E-state index is 0.0593. The molecule has 1 fully saturated rings. The van der Waals surface area contributed by atoms with Crippen LogP contribution in [0.1, 0.15) is 47.2 Å². The fourth-order valence-electron chi connectivity index (χ4n) is 4.97. The average Bonchev–Trinajstić information content (AvgIpc) is 2.89. The molecule has 1 heterocycles. The Balaban J connectivity index is 1.37.